The molecule has 1 aliphatic carbocycles. The van der Waals surface area contributed by atoms with Gasteiger partial charge < -0.3 is 9.80 Å². The molecule has 10 rings (SSSR count). The second-order valence-corrected chi connectivity index (χ2v) is 24.1. The van der Waals surface area contributed by atoms with Gasteiger partial charge in [0, 0.05) is 38.4 Å². The first-order chi connectivity index (χ1) is 32.1. The van der Waals surface area contributed by atoms with Crippen LogP contribution in [0.2, 0.25) is 0 Å². The maximum atomic E-state index is 2.65. The molecule has 1 aliphatic rings. The maximum Gasteiger partial charge on any atom is 0.0543 e. The summed E-state index contributed by atoms with van der Waals surface area (Å²) in [6, 6.07) is 58.5. The lowest BCUT2D eigenvalue weighted by Crippen LogP contribution is -2.29. The summed E-state index contributed by atoms with van der Waals surface area (Å²) in [4.78, 5) is 5.25. The highest BCUT2D eigenvalue weighted by Crippen LogP contribution is 2.50. The van der Waals surface area contributed by atoms with Crippen LogP contribution in [0, 0.1) is 6.92 Å². The quantitative estimate of drug-likeness (QED) is 0.164. The average molecular weight is 891 g/mol. The molecule has 0 heterocycles. The van der Waals surface area contributed by atoms with E-state index in [0.29, 0.717) is 0 Å². The molecule has 68 heavy (non-hydrogen) atoms. The van der Waals surface area contributed by atoms with Gasteiger partial charge in [0.05, 0.1) is 17.1 Å². The Kier molecular flexibility index (Phi) is 10.8. The van der Waals surface area contributed by atoms with Gasteiger partial charge in [-0.15, -0.1) is 0 Å². The zero-order valence-corrected chi connectivity index (χ0v) is 43.1. The van der Waals surface area contributed by atoms with E-state index < -0.39 is 0 Å². The smallest absolute Gasteiger partial charge is 0.0543 e. The molecule has 9 aromatic rings. The van der Waals surface area contributed by atoms with E-state index in [2.05, 4.69) is 258 Å². The van der Waals surface area contributed by atoms with E-state index in [-0.39, 0.29) is 27.6 Å². The zero-order chi connectivity index (χ0) is 48.2. The number of aryl methyl sites for hydroxylation is 1. The summed E-state index contributed by atoms with van der Waals surface area (Å²) in [5, 5.41) is 11.6. The summed E-state index contributed by atoms with van der Waals surface area (Å²) in [6.45, 7) is 32.9. The van der Waals surface area contributed by atoms with Gasteiger partial charge in [0.1, 0.15) is 0 Å². The summed E-state index contributed by atoms with van der Waals surface area (Å²) < 4.78 is 0. The molecule has 0 aliphatic heterocycles. The molecule has 0 saturated heterocycles. The number of benzene rings is 9. The van der Waals surface area contributed by atoms with Gasteiger partial charge in [0.25, 0.3) is 0 Å². The van der Waals surface area contributed by atoms with Gasteiger partial charge in [-0.05, 0) is 144 Å². The Balaban J connectivity index is 1.34. The molecule has 0 saturated carbocycles. The molecule has 0 radical (unpaired) electrons. The lowest BCUT2D eigenvalue weighted by Gasteiger charge is -2.36. The third-order valence-electron chi connectivity index (χ3n) is 14.9. The molecule has 0 bridgehead atoms. The number of nitrogens with zero attached hydrogens (tertiary/aromatic N) is 2. The van der Waals surface area contributed by atoms with Crippen LogP contribution in [0.1, 0.15) is 136 Å². The van der Waals surface area contributed by atoms with E-state index in [4.69, 9.17) is 0 Å². The van der Waals surface area contributed by atoms with Crippen LogP contribution in [0.5, 0.6) is 0 Å². The van der Waals surface area contributed by atoms with Gasteiger partial charge in [-0.3, -0.25) is 0 Å². The van der Waals surface area contributed by atoms with E-state index in [1.165, 1.54) is 116 Å². The molecular formula is C66H70N2. The molecule has 2 nitrogen and oxygen atoms in total. The van der Waals surface area contributed by atoms with Gasteiger partial charge in [0.15, 0.2) is 0 Å². The van der Waals surface area contributed by atoms with Crippen LogP contribution in [0.4, 0.5) is 28.4 Å². The maximum absolute atomic E-state index is 2.65. The standard InChI is InChI=1S/C66H70N2/c1-41-33-59(67(57-27-19-23-43-21-15-17-25-53(43)57)49-37-45(63(3,4)5)35-46(38-49)64(6,7)8)55-32-30-52-42(2)34-60(56-31-29-51(41)61(55)62(52)56)68(58-28-20-24-44-22-16-18-26-54(44)58)50-39-47(65(9,10)11)36-48(40-50)66(12,13)14/h15-33,35-40,42H,34H2,1-14H3. The minimum Gasteiger partial charge on any atom is -0.313 e. The van der Waals surface area contributed by atoms with E-state index in [1.54, 1.807) is 0 Å². The monoisotopic (exact) mass is 891 g/mol. The van der Waals surface area contributed by atoms with Crippen LogP contribution >= 0.6 is 0 Å². The van der Waals surface area contributed by atoms with Crippen molar-refractivity contribution in [3.05, 3.63) is 190 Å². The summed E-state index contributed by atoms with van der Waals surface area (Å²) in [5.41, 5.74) is 15.3. The van der Waals surface area contributed by atoms with Crippen LogP contribution in [0.25, 0.3) is 48.8 Å². The molecule has 0 fully saturated rings. The molecular weight excluding hydrogens is 821 g/mol. The fourth-order valence-corrected chi connectivity index (χ4v) is 10.8. The zero-order valence-electron chi connectivity index (χ0n) is 43.1. The van der Waals surface area contributed by atoms with Crippen molar-refractivity contribution in [2.75, 3.05) is 9.80 Å². The topological polar surface area (TPSA) is 6.48 Å². The highest BCUT2D eigenvalue weighted by Gasteiger charge is 2.32. The first kappa shape index (κ1) is 45.4. The predicted octanol–water partition coefficient (Wildman–Crippen LogP) is 18.4. The van der Waals surface area contributed by atoms with Gasteiger partial charge in [0.2, 0.25) is 0 Å². The van der Waals surface area contributed by atoms with E-state index >= 15 is 0 Å². The summed E-state index contributed by atoms with van der Waals surface area (Å²) in [5.74, 6) is 0.286. The average Bonchev–Trinajstić information content (AvgIpc) is 3.29. The van der Waals surface area contributed by atoms with Crippen molar-refractivity contribution < 1.29 is 0 Å². The SMILES string of the molecule is Cc1cc(N(c2cc(C(C)(C)C)cc(C(C)(C)C)c2)c2cccc3ccccc23)c2ccc3c4c(ccc1c24)=C(N(c1cc(C(C)(C)C)cc(C(C)(C)C)c1)c1cccc2ccccc12)CC3C. The van der Waals surface area contributed by atoms with Crippen LogP contribution in [0.15, 0.2) is 152 Å². The van der Waals surface area contributed by atoms with Crippen molar-refractivity contribution in [1.82, 2.24) is 0 Å². The Hall–Kier alpha value is -6.38. The van der Waals surface area contributed by atoms with E-state index in [1.807, 2.05) is 0 Å². The number of hydrogen-bond donors (Lipinski definition) is 0. The fourth-order valence-electron chi connectivity index (χ4n) is 10.8. The van der Waals surface area contributed by atoms with Gasteiger partial charge >= 0.3 is 0 Å². The number of anilines is 5. The number of fused-ring (bicyclic) bond motifs is 2. The molecule has 1 unspecified atom stereocenters. The molecule has 2 heteroatoms. The number of hydrogen-bond acceptors (Lipinski definition) is 2. The Labute approximate surface area is 406 Å². The molecule has 0 spiro atoms. The van der Waals surface area contributed by atoms with Crippen molar-refractivity contribution in [2.45, 2.75) is 131 Å². The molecule has 344 valence electrons. The summed E-state index contributed by atoms with van der Waals surface area (Å²) in [7, 11) is 0. The van der Waals surface area contributed by atoms with Crippen molar-refractivity contribution in [3.8, 4) is 0 Å². The second-order valence-electron chi connectivity index (χ2n) is 24.1. The van der Waals surface area contributed by atoms with Crippen LogP contribution in [-0.2, 0) is 21.7 Å². The van der Waals surface area contributed by atoms with Gasteiger partial charge in [-0.2, -0.15) is 0 Å². The Morgan fingerprint density at radius 2 is 0.838 bits per heavy atom. The molecule has 0 amide bonds. The highest BCUT2D eigenvalue weighted by molar-refractivity contribution is 6.19. The van der Waals surface area contributed by atoms with Crippen LogP contribution in [-0.4, -0.2) is 0 Å². The Morgan fingerprint density at radius 3 is 1.34 bits per heavy atom. The van der Waals surface area contributed by atoms with E-state index in [0.717, 1.165) is 6.42 Å². The lowest BCUT2D eigenvalue weighted by molar-refractivity contribution is 0.568. The number of rotatable bonds is 6. The normalized spacial score (nSPS) is 14.7. The largest absolute Gasteiger partial charge is 0.313 e. The van der Waals surface area contributed by atoms with Crippen molar-refractivity contribution >= 4 is 77.2 Å². The minimum absolute atomic E-state index is 0.0372. The van der Waals surface area contributed by atoms with Crippen LogP contribution < -0.4 is 15.0 Å². The molecule has 9 aromatic carbocycles. The molecule has 0 N–H and O–H groups in total. The first-order valence-electron chi connectivity index (χ1n) is 25.0. The third-order valence-corrected chi connectivity index (χ3v) is 14.9. The predicted molar refractivity (Wildman–Crippen MR) is 297 cm³/mol. The molecule has 1 atom stereocenters. The van der Waals surface area contributed by atoms with Crippen molar-refractivity contribution in [1.29, 1.82) is 0 Å². The minimum atomic E-state index is -0.0464. The van der Waals surface area contributed by atoms with Gasteiger partial charge in [-0.25, -0.2) is 0 Å². The van der Waals surface area contributed by atoms with Crippen molar-refractivity contribution in [2.24, 2.45) is 0 Å². The first-order valence-corrected chi connectivity index (χ1v) is 25.0. The highest BCUT2D eigenvalue weighted by atomic mass is 15.2. The summed E-state index contributed by atoms with van der Waals surface area (Å²) in [6.07, 6.45) is 0.914. The Morgan fingerprint density at radius 1 is 0.397 bits per heavy atom. The lowest BCUT2D eigenvalue weighted by atomic mass is 9.79. The fraction of sp³-hybridized carbons (Fsp3) is 0.303. The van der Waals surface area contributed by atoms with E-state index in [9.17, 15) is 0 Å². The van der Waals surface area contributed by atoms with Gasteiger partial charge in [-0.1, -0.05) is 199 Å². The third kappa shape index (κ3) is 7.84. The van der Waals surface area contributed by atoms with Crippen LogP contribution in [0.3, 0.4) is 0 Å². The summed E-state index contributed by atoms with van der Waals surface area (Å²) >= 11 is 0. The molecule has 0 aromatic heterocycles. The Bertz CT molecular complexity index is 3430. The van der Waals surface area contributed by atoms with Crippen molar-refractivity contribution in [3.63, 3.8) is 0 Å². The second kappa shape index (κ2) is 16.1.